The molecule has 172 valence electrons. The van der Waals surface area contributed by atoms with Crippen LogP contribution in [0.15, 0.2) is 66.7 Å². The molecule has 3 rings (SSSR count). The highest BCUT2D eigenvalue weighted by Crippen LogP contribution is 2.28. The van der Waals surface area contributed by atoms with E-state index >= 15 is 0 Å². The first kappa shape index (κ1) is 25.4. The standard InChI is InChI=1S/C25H22Cl4N2O2/c1-30-25(33)23(13-16-6-3-2-4-7-16)31(15-18-19(26)8-5-9-20(18)27)24(32)14-17-10-11-21(28)22(29)12-17/h2-12,23H,13-15H2,1H3,(H,30,33)/t23-/m1/s1. The van der Waals surface area contributed by atoms with Crippen LogP contribution >= 0.6 is 46.4 Å². The first-order valence-electron chi connectivity index (χ1n) is 10.2. The van der Waals surface area contributed by atoms with Gasteiger partial charge in [-0.2, -0.15) is 0 Å². The minimum atomic E-state index is -0.778. The summed E-state index contributed by atoms with van der Waals surface area (Å²) in [7, 11) is 1.55. The van der Waals surface area contributed by atoms with Gasteiger partial charge in [0.25, 0.3) is 0 Å². The molecule has 3 aromatic rings. The lowest BCUT2D eigenvalue weighted by Gasteiger charge is -2.32. The van der Waals surface area contributed by atoms with Crippen LogP contribution in [0.5, 0.6) is 0 Å². The molecule has 1 N–H and O–H groups in total. The van der Waals surface area contributed by atoms with Crippen LogP contribution in [-0.4, -0.2) is 29.8 Å². The van der Waals surface area contributed by atoms with Crippen LogP contribution < -0.4 is 5.32 Å². The molecule has 0 fully saturated rings. The number of nitrogens with one attached hydrogen (secondary N) is 1. The summed E-state index contributed by atoms with van der Waals surface area (Å²) in [5.41, 5.74) is 2.18. The third-order valence-corrected chi connectivity index (χ3v) is 6.69. The molecule has 0 aromatic heterocycles. The summed E-state index contributed by atoms with van der Waals surface area (Å²) in [4.78, 5) is 28.1. The number of carbonyl (C=O) groups is 2. The lowest BCUT2D eigenvalue weighted by Crippen LogP contribution is -2.50. The first-order chi connectivity index (χ1) is 15.8. The third kappa shape index (κ3) is 6.64. The van der Waals surface area contributed by atoms with Crippen molar-refractivity contribution in [3.8, 4) is 0 Å². The molecular weight excluding hydrogens is 502 g/mol. The lowest BCUT2D eigenvalue weighted by molar-refractivity contribution is -0.140. The number of rotatable bonds is 8. The van der Waals surface area contributed by atoms with Gasteiger partial charge in [-0.3, -0.25) is 9.59 Å². The van der Waals surface area contributed by atoms with Crippen molar-refractivity contribution in [2.24, 2.45) is 0 Å². The summed E-state index contributed by atoms with van der Waals surface area (Å²) in [6, 6.07) is 18.9. The average molecular weight is 524 g/mol. The fourth-order valence-corrected chi connectivity index (χ4v) is 4.34. The van der Waals surface area contributed by atoms with Crippen LogP contribution in [0.2, 0.25) is 20.1 Å². The van der Waals surface area contributed by atoms with Crippen molar-refractivity contribution in [3.63, 3.8) is 0 Å². The molecule has 0 unspecified atom stereocenters. The fraction of sp³-hybridized carbons (Fsp3) is 0.200. The highest BCUT2D eigenvalue weighted by molar-refractivity contribution is 6.42. The first-order valence-corrected chi connectivity index (χ1v) is 11.7. The molecule has 0 radical (unpaired) electrons. The number of hydrogen-bond acceptors (Lipinski definition) is 2. The molecule has 0 spiro atoms. The predicted octanol–water partition coefficient (Wildman–Crippen LogP) is 6.23. The summed E-state index contributed by atoms with van der Waals surface area (Å²) in [5.74, 6) is -0.557. The Balaban J connectivity index is 2.00. The quantitative estimate of drug-likeness (QED) is 0.380. The molecule has 0 heterocycles. The number of carbonyl (C=O) groups excluding carboxylic acids is 2. The molecule has 4 nitrogen and oxygen atoms in total. The smallest absolute Gasteiger partial charge is 0.242 e. The topological polar surface area (TPSA) is 49.4 Å². The number of halogens is 4. The average Bonchev–Trinajstić information content (AvgIpc) is 2.80. The summed E-state index contributed by atoms with van der Waals surface area (Å²) in [6.07, 6.45) is 0.358. The zero-order valence-corrected chi connectivity index (χ0v) is 20.8. The van der Waals surface area contributed by atoms with E-state index in [1.807, 2.05) is 30.3 Å². The number of likely N-dealkylation sites (N-methyl/N-ethyl adjacent to an activating group) is 1. The van der Waals surface area contributed by atoms with Crippen molar-refractivity contribution < 1.29 is 9.59 Å². The summed E-state index contributed by atoms with van der Waals surface area (Å²) in [5, 5.41) is 4.28. The van der Waals surface area contributed by atoms with Crippen LogP contribution in [0.1, 0.15) is 16.7 Å². The largest absolute Gasteiger partial charge is 0.357 e. The molecule has 3 aromatic carbocycles. The monoisotopic (exact) mass is 522 g/mol. The molecule has 33 heavy (non-hydrogen) atoms. The zero-order chi connectivity index (χ0) is 24.0. The maximum atomic E-state index is 13.6. The van der Waals surface area contributed by atoms with Gasteiger partial charge in [-0.15, -0.1) is 0 Å². The Bertz CT molecular complexity index is 1120. The van der Waals surface area contributed by atoms with Crippen LogP contribution in [0.25, 0.3) is 0 Å². The fourth-order valence-electron chi connectivity index (χ4n) is 3.50. The van der Waals surface area contributed by atoms with Crippen molar-refractivity contribution in [1.82, 2.24) is 10.2 Å². The van der Waals surface area contributed by atoms with Gasteiger partial charge in [-0.05, 0) is 35.4 Å². The normalized spacial score (nSPS) is 11.7. The summed E-state index contributed by atoms with van der Waals surface area (Å²) >= 11 is 24.9. The highest BCUT2D eigenvalue weighted by atomic mass is 35.5. The second-order valence-electron chi connectivity index (χ2n) is 7.47. The Labute approximate surface area is 213 Å². The Kier molecular flexibility index (Phi) is 9.04. The van der Waals surface area contributed by atoms with E-state index < -0.39 is 6.04 Å². The Morgan fingerprint density at radius 2 is 1.48 bits per heavy atom. The van der Waals surface area contributed by atoms with Crippen molar-refractivity contribution in [2.45, 2.75) is 25.4 Å². The van der Waals surface area contributed by atoms with Gasteiger partial charge in [0.1, 0.15) is 6.04 Å². The van der Waals surface area contributed by atoms with E-state index in [4.69, 9.17) is 46.4 Å². The molecule has 2 amide bonds. The molecule has 1 atom stereocenters. The SMILES string of the molecule is CNC(=O)[C@@H](Cc1ccccc1)N(Cc1c(Cl)cccc1Cl)C(=O)Cc1ccc(Cl)c(Cl)c1. The molecule has 0 bridgehead atoms. The molecule has 8 heteroatoms. The summed E-state index contributed by atoms with van der Waals surface area (Å²) < 4.78 is 0. The summed E-state index contributed by atoms with van der Waals surface area (Å²) in [6.45, 7) is 0.0730. The maximum absolute atomic E-state index is 13.6. The van der Waals surface area contributed by atoms with E-state index in [0.29, 0.717) is 37.6 Å². The van der Waals surface area contributed by atoms with Gasteiger partial charge in [-0.1, -0.05) is 88.9 Å². The second kappa shape index (κ2) is 11.8. The van der Waals surface area contributed by atoms with E-state index in [2.05, 4.69) is 5.32 Å². The van der Waals surface area contributed by atoms with Crippen LogP contribution in [0.3, 0.4) is 0 Å². The van der Waals surface area contributed by atoms with E-state index in [1.54, 1.807) is 43.4 Å². The van der Waals surface area contributed by atoms with E-state index in [-0.39, 0.29) is 24.8 Å². The van der Waals surface area contributed by atoms with E-state index in [9.17, 15) is 9.59 Å². The van der Waals surface area contributed by atoms with Gasteiger partial charge < -0.3 is 10.2 Å². The van der Waals surface area contributed by atoms with Crippen LogP contribution in [-0.2, 0) is 29.0 Å². The van der Waals surface area contributed by atoms with Gasteiger partial charge in [0.15, 0.2) is 0 Å². The second-order valence-corrected chi connectivity index (χ2v) is 9.10. The number of benzene rings is 3. The van der Waals surface area contributed by atoms with Gasteiger partial charge in [0, 0.05) is 35.6 Å². The molecule has 0 saturated heterocycles. The maximum Gasteiger partial charge on any atom is 0.242 e. The lowest BCUT2D eigenvalue weighted by atomic mass is 10.0. The minimum Gasteiger partial charge on any atom is -0.357 e. The minimum absolute atomic E-state index is 0.0290. The van der Waals surface area contributed by atoms with Crippen molar-refractivity contribution in [2.75, 3.05) is 7.05 Å². The van der Waals surface area contributed by atoms with Crippen molar-refractivity contribution in [1.29, 1.82) is 0 Å². The van der Waals surface area contributed by atoms with Crippen LogP contribution in [0, 0.1) is 0 Å². The molecule has 0 saturated carbocycles. The Morgan fingerprint density at radius 1 is 0.818 bits per heavy atom. The molecule has 0 aliphatic rings. The van der Waals surface area contributed by atoms with Gasteiger partial charge in [0.2, 0.25) is 11.8 Å². The highest BCUT2D eigenvalue weighted by Gasteiger charge is 2.30. The molecular formula is C25H22Cl4N2O2. The number of amides is 2. The third-order valence-electron chi connectivity index (χ3n) is 5.25. The van der Waals surface area contributed by atoms with Gasteiger partial charge in [0.05, 0.1) is 16.5 Å². The number of hydrogen-bond donors (Lipinski definition) is 1. The van der Waals surface area contributed by atoms with Gasteiger partial charge >= 0.3 is 0 Å². The molecule has 0 aliphatic heterocycles. The van der Waals surface area contributed by atoms with Crippen molar-refractivity contribution >= 4 is 58.2 Å². The Morgan fingerprint density at radius 3 is 2.09 bits per heavy atom. The van der Waals surface area contributed by atoms with E-state index in [1.165, 1.54) is 4.90 Å². The predicted molar refractivity (Wildman–Crippen MR) is 135 cm³/mol. The number of nitrogens with zero attached hydrogens (tertiary/aromatic N) is 1. The van der Waals surface area contributed by atoms with Crippen molar-refractivity contribution in [3.05, 3.63) is 104 Å². The van der Waals surface area contributed by atoms with Crippen LogP contribution in [0.4, 0.5) is 0 Å². The molecule has 0 aliphatic carbocycles. The zero-order valence-electron chi connectivity index (χ0n) is 17.8. The van der Waals surface area contributed by atoms with Gasteiger partial charge in [-0.25, -0.2) is 0 Å². The van der Waals surface area contributed by atoms with E-state index in [0.717, 1.165) is 5.56 Å². The Hall–Kier alpha value is -2.24.